The molecule has 0 aliphatic carbocycles. The van der Waals surface area contributed by atoms with Gasteiger partial charge in [-0.3, -0.25) is 4.79 Å². The molecule has 0 radical (unpaired) electrons. The van der Waals surface area contributed by atoms with Crippen molar-refractivity contribution in [3.05, 3.63) is 59.4 Å². The maximum Gasteiger partial charge on any atom is 0.220 e. The lowest BCUT2D eigenvalue weighted by Crippen LogP contribution is -2.27. The van der Waals surface area contributed by atoms with Crippen LogP contribution in [0, 0.1) is 0 Å². The Kier molecular flexibility index (Phi) is 4.19. The number of aromatic amines is 1. The molecule has 126 valence electrons. The van der Waals surface area contributed by atoms with E-state index in [0.29, 0.717) is 12.8 Å². The van der Waals surface area contributed by atoms with Crippen LogP contribution in [0.5, 0.6) is 0 Å². The molecule has 2 aromatic heterocycles. The topological polar surface area (TPSA) is 70.7 Å². The summed E-state index contributed by atoms with van der Waals surface area (Å²) in [5.74, 6) is 0.779. The molecule has 2 heterocycles. The van der Waals surface area contributed by atoms with Crippen molar-refractivity contribution >= 4 is 38.5 Å². The highest BCUT2D eigenvalue weighted by molar-refractivity contribution is 7.18. The second kappa shape index (κ2) is 6.64. The molecular formula is C19H18N4OS. The number of thiazole rings is 1. The van der Waals surface area contributed by atoms with Gasteiger partial charge in [0.05, 0.1) is 32.3 Å². The van der Waals surface area contributed by atoms with Gasteiger partial charge in [-0.25, -0.2) is 9.97 Å². The number of fused-ring (bicyclic) bond motifs is 2. The third-order valence-electron chi connectivity index (χ3n) is 4.10. The number of amides is 1. The third-order valence-corrected chi connectivity index (χ3v) is 5.20. The van der Waals surface area contributed by atoms with E-state index < -0.39 is 0 Å². The van der Waals surface area contributed by atoms with Gasteiger partial charge in [0.1, 0.15) is 5.82 Å². The fourth-order valence-electron chi connectivity index (χ4n) is 2.81. The molecule has 0 saturated heterocycles. The molecule has 0 saturated carbocycles. The number of hydrogen-bond donors (Lipinski definition) is 2. The van der Waals surface area contributed by atoms with E-state index in [1.54, 1.807) is 11.3 Å². The van der Waals surface area contributed by atoms with Crippen LogP contribution in [0.25, 0.3) is 21.3 Å². The van der Waals surface area contributed by atoms with Crippen LogP contribution in [-0.2, 0) is 11.2 Å². The van der Waals surface area contributed by atoms with Crippen molar-refractivity contribution in [2.24, 2.45) is 0 Å². The molecule has 0 fully saturated rings. The van der Waals surface area contributed by atoms with Crippen molar-refractivity contribution in [2.75, 3.05) is 0 Å². The van der Waals surface area contributed by atoms with Gasteiger partial charge in [0, 0.05) is 12.8 Å². The lowest BCUT2D eigenvalue weighted by Gasteiger charge is -2.10. The molecule has 0 unspecified atom stereocenters. The van der Waals surface area contributed by atoms with Crippen molar-refractivity contribution < 1.29 is 4.79 Å². The van der Waals surface area contributed by atoms with E-state index in [9.17, 15) is 4.79 Å². The normalized spacial score (nSPS) is 12.5. The smallest absolute Gasteiger partial charge is 0.220 e. The standard InChI is InChI=1S/C19H18N4OS/c1-12(19-22-13-6-2-3-7-14(13)23-19)20-17(24)10-11-18-21-15-8-4-5-9-16(15)25-18/h2-9,12H,10-11H2,1H3,(H,20,24)(H,22,23)/t12-/m0/s1. The number of imidazole rings is 1. The first-order chi connectivity index (χ1) is 12.2. The van der Waals surface area contributed by atoms with Gasteiger partial charge in [-0.2, -0.15) is 0 Å². The highest BCUT2D eigenvalue weighted by atomic mass is 32.1. The summed E-state index contributed by atoms with van der Waals surface area (Å²) in [5, 5.41) is 4.00. The Bertz CT molecular complexity index is 970. The average Bonchev–Trinajstić information content (AvgIpc) is 3.23. The molecule has 4 aromatic rings. The van der Waals surface area contributed by atoms with E-state index in [2.05, 4.69) is 26.3 Å². The largest absolute Gasteiger partial charge is 0.346 e. The summed E-state index contributed by atoms with van der Waals surface area (Å²) in [6, 6.07) is 15.7. The number of rotatable bonds is 5. The van der Waals surface area contributed by atoms with Crippen LogP contribution in [0.2, 0.25) is 0 Å². The molecular weight excluding hydrogens is 332 g/mol. The first-order valence-electron chi connectivity index (χ1n) is 8.27. The molecule has 2 N–H and O–H groups in total. The highest BCUT2D eigenvalue weighted by Crippen LogP contribution is 2.22. The Hall–Kier alpha value is -2.73. The summed E-state index contributed by atoms with van der Waals surface area (Å²) < 4.78 is 1.16. The Morgan fingerprint density at radius 1 is 1.12 bits per heavy atom. The minimum Gasteiger partial charge on any atom is -0.346 e. The first kappa shape index (κ1) is 15.8. The maximum atomic E-state index is 12.3. The van der Waals surface area contributed by atoms with Gasteiger partial charge in [-0.1, -0.05) is 24.3 Å². The van der Waals surface area contributed by atoms with E-state index >= 15 is 0 Å². The average molecular weight is 350 g/mol. The number of aromatic nitrogens is 3. The third kappa shape index (κ3) is 3.39. The van der Waals surface area contributed by atoms with E-state index in [-0.39, 0.29) is 11.9 Å². The van der Waals surface area contributed by atoms with E-state index in [4.69, 9.17) is 0 Å². The van der Waals surface area contributed by atoms with E-state index in [0.717, 1.165) is 32.1 Å². The van der Waals surface area contributed by atoms with Crippen molar-refractivity contribution in [3.8, 4) is 0 Å². The Labute approximate surface area is 149 Å². The zero-order valence-electron chi connectivity index (χ0n) is 13.8. The summed E-state index contributed by atoms with van der Waals surface area (Å²) in [5.41, 5.74) is 2.89. The van der Waals surface area contributed by atoms with Crippen molar-refractivity contribution in [2.45, 2.75) is 25.8 Å². The molecule has 0 bridgehead atoms. The second-order valence-electron chi connectivity index (χ2n) is 6.00. The number of carbonyl (C=O) groups excluding carboxylic acids is 1. The lowest BCUT2D eigenvalue weighted by atomic mass is 10.2. The predicted molar refractivity (Wildman–Crippen MR) is 101 cm³/mol. The number of benzene rings is 2. The van der Waals surface area contributed by atoms with Crippen LogP contribution in [0.15, 0.2) is 48.5 Å². The number of aryl methyl sites for hydroxylation is 1. The Morgan fingerprint density at radius 3 is 2.68 bits per heavy atom. The molecule has 2 aromatic carbocycles. The first-order valence-corrected chi connectivity index (χ1v) is 9.09. The minimum atomic E-state index is -0.157. The van der Waals surface area contributed by atoms with Gasteiger partial charge < -0.3 is 10.3 Å². The zero-order chi connectivity index (χ0) is 17.2. The molecule has 4 rings (SSSR count). The van der Waals surface area contributed by atoms with Crippen molar-refractivity contribution in [1.29, 1.82) is 0 Å². The number of nitrogens with one attached hydrogen (secondary N) is 2. The van der Waals surface area contributed by atoms with Gasteiger partial charge in [0.25, 0.3) is 0 Å². The lowest BCUT2D eigenvalue weighted by molar-refractivity contribution is -0.121. The molecule has 0 aliphatic heterocycles. The molecule has 0 aliphatic rings. The van der Waals surface area contributed by atoms with Crippen LogP contribution < -0.4 is 5.32 Å². The Morgan fingerprint density at radius 2 is 1.88 bits per heavy atom. The van der Waals surface area contributed by atoms with Gasteiger partial charge in [0.2, 0.25) is 5.91 Å². The fourth-order valence-corrected chi connectivity index (χ4v) is 3.77. The van der Waals surface area contributed by atoms with Gasteiger partial charge in [-0.05, 0) is 31.2 Å². The summed E-state index contributed by atoms with van der Waals surface area (Å²) in [4.78, 5) is 24.6. The number of carbonyl (C=O) groups is 1. The summed E-state index contributed by atoms with van der Waals surface area (Å²) in [7, 11) is 0. The maximum absolute atomic E-state index is 12.3. The summed E-state index contributed by atoms with van der Waals surface area (Å²) in [6.07, 6.45) is 1.07. The zero-order valence-corrected chi connectivity index (χ0v) is 14.6. The van der Waals surface area contributed by atoms with E-state index in [1.807, 2.05) is 49.4 Å². The molecule has 1 atom stereocenters. The van der Waals surface area contributed by atoms with Gasteiger partial charge >= 0.3 is 0 Å². The highest BCUT2D eigenvalue weighted by Gasteiger charge is 2.14. The number of H-pyrrole nitrogens is 1. The molecule has 25 heavy (non-hydrogen) atoms. The van der Waals surface area contributed by atoms with Gasteiger partial charge in [-0.15, -0.1) is 11.3 Å². The molecule has 6 heteroatoms. The number of nitrogens with zero attached hydrogens (tertiary/aromatic N) is 2. The van der Waals surface area contributed by atoms with Crippen LogP contribution >= 0.6 is 11.3 Å². The molecule has 0 spiro atoms. The minimum absolute atomic E-state index is 0.00668. The number of para-hydroxylation sites is 3. The number of hydrogen-bond acceptors (Lipinski definition) is 4. The van der Waals surface area contributed by atoms with Crippen molar-refractivity contribution in [1.82, 2.24) is 20.3 Å². The monoisotopic (exact) mass is 350 g/mol. The fraction of sp³-hybridized carbons (Fsp3) is 0.211. The van der Waals surface area contributed by atoms with Crippen LogP contribution in [-0.4, -0.2) is 20.9 Å². The van der Waals surface area contributed by atoms with Crippen molar-refractivity contribution in [3.63, 3.8) is 0 Å². The molecule has 1 amide bonds. The second-order valence-corrected chi connectivity index (χ2v) is 7.12. The van der Waals surface area contributed by atoms with Crippen LogP contribution in [0.4, 0.5) is 0 Å². The molecule has 5 nitrogen and oxygen atoms in total. The summed E-state index contributed by atoms with van der Waals surface area (Å²) >= 11 is 1.65. The SMILES string of the molecule is C[C@H](NC(=O)CCc1nc2ccccc2s1)c1nc2ccccc2[nH]1. The summed E-state index contributed by atoms with van der Waals surface area (Å²) in [6.45, 7) is 1.94. The van der Waals surface area contributed by atoms with Crippen LogP contribution in [0.1, 0.15) is 30.2 Å². The Balaban J connectivity index is 1.37. The quantitative estimate of drug-likeness (QED) is 0.572. The predicted octanol–water partition coefficient (Wildman–Crippen LogP) is 3.98. The van der Waals surface area contributed by atoms with Gasteiger partial charge in [0.15, 0.2) is 0 Å². The van der Waals surface area contributed by atoms with E-state index in [1.165, 1.54) is 0 Å². The van der Waals surface area contributed by atoms with Crippen LogP contribution in [0.3, 0.4) is 0 Å².